The smallest absolute Gasteiger partial charge is 0.310 e. The van der Waals surface area contributed by atoms with Crippen LogP contribution >= 0.6 is 11.3 Å². The number of ether oxygens (including phenoxy) is 1. The lowest BCUT2D eigenvalue weighted by Gasteiger charge is -2.05. The van der Waals surface area contributed by atoms with Gasteiger partial charge in [-0.1, -0.05) is 43.7 Å². The molecule has 2 aromatic heterocycles. The molecule has 3 rings (SSSR count). The Bertz CT molecular complexity index is 829. The maximum atomic E-state index is 12.1. The van der Waals surface area contributed by atoms with Crippen molar-refractivity contribution in [3.05, 3.63) is 70.9 Å². The zero-order chi connectivity index (χ0) is 18.2. The quantitative estimate of drug-likeness (QED) is 0.536. The number of aryl methyl sites for hydroxylation is 1. The second-order valence-corrected chi connectivity index (χ2v) is 6.97. The Morgan fingerprint density at radius 1 is 1.12 bits per heavy atom. The van der Waals surface area contributed by atoms with Gasteiger partial charge >= 0.3 is 5.97 Å². The fourth-order valence-electron chi connectivity index (χ4n) is 2.56. The molecule has 0 aliphatic carbocycles. The number of benzene rings is 1. The van der Waals surface area contributed by atoms with Gasteiger partial charge in [-0.25, -0.2) is 4.98 Å². The lowest BCUT2D eigenvalue weighted by Crippen LogP contribution is -2.08. The fourth-order valence-corrected chi connectivity index (χ4v) is 3.34. The fraction of sp³-hybridized carbons (Fsp3) is 0.286. The van der Waals surface area contributed by atoms with Crippen molar-refractivity contribution in [1.82, 2.24) is 9.97 Å². The summed E-state index contributed by atoms with van der Waals surface area (Å²) in [6.45, 7) is 2.38. The number of pyridine rings is 1. The number of carbonyl (C=O) groups is 1. The first kappa shape index (κ1) is 18.3. The molecule has 0 fully saturated rings. The average Bonchev–Trinajstić information content (AvgIpc) is 3.16. The number of aromatic nitrogens is 2. The van der Waals surface area contributed by atoms with Crippen LogP contribution in [0.4, 0.5) is 0 Å². The summed E-state index contributed by atoms with van der Waals surface area (Å²) in [6.07, 6.45) is 5.49. The second-order valence-electron chi connectivity index (χ2n) is 6.12. The first-order valence-corrected chi connectivity index (χ1v) is 9.72. The van der Waals surface area contributed by atoms with Crippen molar-refractivity contribution in [3.63, 3.8) is 0 Å². The molecule has 0 aliphatic rings. The van der Waals surface area contributed by atoms with Gasteiger partial charge in [0.1, 0.15) is 11.6 Å². The summed E-state index contributed by atoms with van der Waals surface area (Å²) in [5.41, 5.74) is 3.87. The summed E-state index contributed by atoms with van der Waals surface area (Å²) >= 11 is 1.50. The zero-order valence-corrected chi connectivity index (χ0v) is 15.7. The Kier molecular flexibility index (Phi) is 6.50. The topological polar surface area (TPSA) is 52.1 Å². The van der Waals surface area contributed by atoms with Crippen LogP contribution in [-0.4, -0.2) is 15.9 Å². The van der Waals surface area contributed by atoms with Gasteiger partial charge in [-0.05, 0) is 36.1 Å². The molecule has 5 heteroatoms. The zero-order valence-electron chi connectivity index (χ0n) is 14.9. The van der Waals surface area contributed by atoms with Crippen LogP contribution in [0.3, 0.4) is 0 Å². The van der Waals surface area contributed by atoms with E-state index in [-0.39, 0.29) is 19.0 Å². The Labute approximate surface area is 157 Å². The number of hydrogen-bond donors (Lipinski definition) is 0. The summed E-state index contributed by atoms with van der Waals surface area (Å²) in [5.74, 6) is -0.237. The van der Waals surface area contributed by atoms with Gasteiger partial charge in [0, 0.05) is 11.6 Å². The minimum absolute atomic E-state index is 0.191. The molecule has 3 aromatic rings. The number of hydrogen-bond acceptors (Lipinski definition) is 5. The molecule has 0 radical (unpaired) electrons. The first-order chi connectivity index (χ1) is 12.7. The van der Waals surface area contributed by atoms with E-state index in [1.165, 1.54) is 29.7 Å². The Balaban J connectivity index is 1.49. The molecule has 2 heterocycles. The third-order valence-electron chi connectivity index (χ3n) is 4.01. The minimum Gasteiger partial charge on any atom is -0.459 e. The van der Waals surface area contributed by atoms with Crippen LogP contribution in [0, 0.1) is 0 Å². The van der Waals surface area contributed by atoms with Crippen LogP contribution < -0.4 is 0 Å². The number of carbonyl (C=O) groups excluding carboxylic acids is 1. The molecule has 0 spiro atoms. The molecule has 26 heavy (non-hydrogen) atoms. The van der Waals surface area contributed by atoms with E-state index in [1.807, 2.05) is 35.7 Å². The second kappa shape index (κ2) is 9.25. The Morgan fingerprint density at radius 2 is 1.92 bits per heavy atom. The third kappa shape index (κ3) is 5.23. The van der Waals surface area contributed by atoms with E-state index in [1.54, 1.807) is 6.20 Å². The molecular weight excluding hydrogens is 344 g/mol. The molecule has 0 aliphatic heterocycles. The van der Waals surface area contributed by atoms with Gasteiger partial charge < -0.3 is 4.74 Å². The predicted molar refractivity (Wildman–Crippen MR) is 104 cm³/mol. The summed E-state index contributed by atoms with van der Waals surface area (Å²) < 4.78 is 5.36. The van der Waals surface area contributed by atoms with Crippen molar-refractivity contribution < 1.29 is 9.53 Å². The summed E-state index contributed by atoms with van der Waals surface area (Å²) in [5, 5.41) is 2.74. The van der Waals surface area contributed by atoms with Crippen LogP contribution in [0.15, 0.2) is 54.0 Å². The van der Waals surface area contributed by atoms with E-state index in [0.717, 1.165) is 28.4 Å². The van der Waals surface area contributed by atoms with E-state index >= 15 is 0 Å². The molecule has 0 unspecified atom stereocenters. The van der Waals surface area contributed by atoms with Gasteiger partial charge in [0.25, 0.3) is 0 Å². The van der Waals surface area contributed by atoms with Gasteiger partial charge in [-0.15, -0.1) is 11.3 Å². The van der Waals surface area contributed by atoms with Crippen molar-refractivity contribution in [2.24, 2.45) is 0 Å². The van der Waals surface area contributed by atoms with E-state index in [0.29, 0.717) is 0 Å². The average molecular weight is 366 g/mol. The summed E-state index contributed by atoms with van der Waals surface area (Å²) in [4.78, 5) is 20.8. The van der Waals surface area contributed by atoms with Crippen molar-refractivity contribution in [2.45, 2.75) is 39.2 Å². The Morgan fingerprint density at radius 3 is 2.65 bits per heavy atom. The standard InChI is InChI=1S/C21H22N2O2S/c1-2-3-6-16-8-10-17(11-9-16)13-20(24)25-14-18-15-26-21(23-18)19-7-4-5-12-22-19/h4-5,7-12,15H,2-3,6,13-14H2,1H3. The SMILES string of the molecule is CCCCc1ccc(CC(=O)OCc2csc(-c3ccccn3)n2)cc1. The third-order valence-corrected chi connectivity index (χ3v) is 4.92. The highest BCUT2D eigenvalue weighted by Gasteiger charge is 2.09. The Hall–Kier alpha value is -2.53. The maximum Gasteiger partial charge on any atom is 0.310 e. The molecule has 4 nitrogen and oxygen atoms in total. The lowest BCUT2D eigenvalue weighted by molar-refractivity contribution is -0.144. The molecule has 0 saturated heterocycles. The normalized spacial score (nSPS) is 10.7. The lowest BCUT2D eigenvalue weighted by atomic mass is 10.1. The van der Waals surface area contributed by atoms with Crippen LogP contribution in [-0.2, 0) is 29.0 Å². The highest BCUT2D eigenvalue weighted by molar-refractivity contribution is 7.13. The van der Waals surface area contributed by atoms with E-state index in [2.05, 4.69) is 29.0 Å². The van der Waals surface area contributed by atoms with Gasteiger partial charge in [-0.3, -0.25) is 9.78 Å². The number of rotatable bonds is 8. The monoisotopic (exact) mass is 366 g/mol. The minimum atomic E-state index is -0.237. The maximum absolute atomic E-state index is 12.1. The molecule has 134 valence electrons. The highest BCUT2D eigenvalue weighted by atomic mass is 32.1. The van der Waals surface area contributed by atoms with E-state index < -0.39 is 0 Å². The van der Waals surface area contributed by atoms with Gasteiger partial charge in [0.2, 0.25) is 0 Å². The van der Waals surface area contributed by atoms with E-state index in [4.69, 9.17) is 4.74 Å². The number of esters is 1. The molecule has 1 aromatic carbocycles. The van der Waals surface area contributed by atoms with E-state index in [9.17, 15) is 4.79 Å². The van der Waals surface area contributed by atoms with Crippen LogP contribution in [0.5, 0.6) is 0 Å². The summed E-state index contributed by atoms with van der Waals surface area (Å²) in [6, 6.07) is 13.9. The predicted octanol–water partition coefficient (Wildman–Crippen LogP) is 4.83. The highest BCUT2D eigenvalue weighted by Crippen LogP contribution is 2.21. The van der Waals surface area contributed by atoms with Crippen LogP contribution in [0.1, 0.15) is 36.6 Å². The molecule has 0 saturated carbocycles. The number of nitrogens with zero attached hydrogens (tertiary/aromatic N) is 2. The number of unbranched alkanes of at least 4 members (excludes halogenated alkanes) is 1. The number of thiazole rings is 1. The first-order valence-electron chi connectivity index (χ1n) is 8.84. The van der Waals surface area contributed by atoms with Crippen molar-refractivity contribution in [2.75, 3.05) is 0 Å². The summed E-state index contributed by atoms with van der Waals surface area (Å²) in [7, 11) is 0. The van der Waals surface area contributed by atoms with Crippen LogP contribution in [0.25, 0.3) is 10.7 Å². The van der Waals surface area contributed by atoms with Crippen molar-refractivity contribution in [3.8, 4) is 10.7 Å². The van der Waals surface area contributed by atoms with Gasteiger partial charge in [0.15, 0.2) is 0 Å². The van der Waals surface area contributed by atoms with Crippen molar-refractivity contribution >= 4 is 17.3 Å². The molecule has 0 amide bonds. The van der Waals surface area contributed by atoms with Gasteiger partial charge in [0.05, 0.1) is 17.8 Å². The molecule has 0 bridgehead atoms. The molecule has 0 N–H and O–H groups in total. The van der Waals surface area contributed by atoms with Gasteiger partial charge in [-0.2, -0.15) is 0 Å². The van der Waals surface area contributed by atoms with Crippen molar-refractivity contribution in [1.29, 1.82) is 0 Å². The molecule has 0 atom stereocenters. The molecular formula is C21H22N2O2S. The largest absolute Gasteiger partial charge is 0.459 e. The van der Waals surface area contributed by atoms with Crippen LogP contribution in [0.2, 0.25) is 0 Å².